The lowest BCUT2D eigenvalue weighted by Gasteiger charge is -2.11. The number of hydrogen-bond acceptors (Lipinski definition) is 6. The third-order valence-electron chi connectivity index (χ3n) is 4.82. The van der Waals surface area contributed by atoms with Crippen LogP contribution in [0, 0.1) is 0 Å². The topological polar surface area (TPSA) is 143 Å². The van der Waals surface area contributed by atoms with E-state index in [2.05, 4.69) is 15.3 Å². The summed E-state index contributed by atoms with van der Waals surface area (Å²) >= 11 is 0. The van der Waals surface area contributed by atoms with Gasteiger partial charge < -0.3 is 15.8 Å². The zero-order valence-corrected chi connectivity index (χ0v) is 14.8. The number of rotatable bonds is 2. The highest BCUT2D eigenvalue weighted by molar-refractivity contribution is 6.23. The maximum Gasteiger partial charge on any atom is 0.262 e. The molecular weight excluding hydrogens is 374 g/mol. The number of aromatic amines is 1. The Kier molecular flexibility index (Phi) is 3.35. The van der Waals surface area contributed by atoms with Gasteiger partial charge in [0, 0.05) is 11.6 Å². The highest BCUT2D eigenvalue weighted by Gasteiger charge is 2.31. The number of aromatic hydroxyl groups is 1. The zero-order chi connectivity index (χ0) is 20.3. The lowest BCUT2D eigenvalue weighted by atomic mass is 10.1. The van der Waals surface area contributed by atoms with E-state index in [0.717, 1.165) is 11.6 Å². The van der Waals surface area contributed by atoms with E-state index in [4.69, 9.17) is 5.73 Å². The highest BCUT2D eigenvalue weighted by Crippen LogP contribution is 2.26. The maximum absolute atomic E-state index is 12.6. The number of imide groups is 1. The molecule has 2 amide bonds. The quantitative estimate of drug-likeness (QED) is 0.384. The van der Waals surface area contributed by atoms with Crippen molar-refractivity contribution in [2.45, 2.75) is 0 Å². The minimum atomic E-state index is -0.636. The Morgan fingerprint density at radius 3 is 2.48 bits per heavy atom. The second kappa shape index (κ2) is 5.80. The van der Waals surface area contributed by atoms with Crippen molar-refractivity contribution in [1.82, 2.24) is 19.9 Å². The fourth-order valence-electron chi connectivity index (χ4n) is 3.44. The second-order valence-corrected chi connectivity index (χ2v) is 6.61. The predicted octanol–water partition coefficient (Wildman–Crippen LogP) is 1.55. The molecule has 5 N–H and O–H groups in total. The summed E-state index contributed by atoms with van der Waals surface area (Å²) in [7, 11) is 0. The van der Waals surface area contributed by atoms with Gasteiger partial charge in [-0.25, -0.2) is 4.98 Å². The van der Waals surface area contributed by atoms with Crippen molar-refractivity contribution < 1.29 is 14.7 Å². The molecule has 0 saturated carbocycles. The van der Waals surface area contributed by atoms with Gasteiger partial charge in [0.05, 0.1) is 27.8 Å². The molecule has 0 spiro atoms. The van der Waals surface area contributed by atoms with Crippen LogP contribution in [0.15, 0.2) is 53.3 Å². The average molecular weight is 387 g/mol. The molecule has 2 aromatic carbocycles. The van der Waals surface area contributed by atoms with Gasteiger partial charge in [0.2, 0.25) is 0 Å². The number of benzene rings is 2. The molecule has 0 fully saturated rings. The Bertz CT molecular complexity index is 1400. The summed E-state index contributed by atoms with van der Waals surface area (Å²) in [5, 5.41) is 11.6. The van der Waals surface area contributed by atoms with Gasteiger partial charge in [0.1, 0.15) is 17.4 Å². The third-order valence-corrected chi connectivity index (χ3v) is 4.82. The van der Waals surface area contributed by atoms with Crippen LogP contribution < -0.4 is 16.6 Å². The summed E-state index contributed by atoms with van der Waals surface area (Å²) in [4.78, 5) is 44.1. The molecule has 1 aliphatic heterocycles. The molecule has 2 aromatic heterocycles. The number of phenolic OH excluding ortho intramolecular Hbond substituents is 1. The molecule has 1 aliphatic rings. The first-order valence-electron chi connectivity index (χ1n) is 8.63. The predicted molar refractivity (Wildman–Crippen MR) is 105 cm³/mol. The van der Waals surface area contributed by atoms with Crippen LogP contribution in [0.25, 0.3) is 28.1 Å². The van der Waals surface area contributed by atoms with Crippen LogP contribution in [0.2, 0.25) is 0 Å². The van der Waals surface area contributed by atoms with E-state index in [-0.39, 0.29) is 22.7 Å². The van der Waals surface area contributed by atoms with Gasteiger partial charge in [-0.2, -0.15) is 0 Å². The molecule has 0 saturated heterocycles. The molecule has 4 aromatic rings. The van der Waals surface area contributed by atoms with Gasteiger partial charge >= 0.3 is 0 Å². The summed E-state index contributed by atoms with van der Waals surface area (Å²) < 4.78 is 1.18. The summed E-state index contributed by atoms with van der Waals surface area (Å²) in [6, 6.07) is 12.7. The number of amides is 2. The van der Waals surface area contributed by atoms with Crippen LogP contribution in [0.4, 0.5) is 5.82 Å². The van der Waals surface area contributed by atoms with Crippen LogP contribution in [0.5, 0.6) is 5.75 Å². The number of nitrogens with one attached hydrogen (secondary N) is 2. The molecule has 29 heavy (non-hydrogen) atoms. The van der Waals surface area contributed by atoms with Crippen molar-refractivity contribution in [3.05, 3.63) is 70.0 Å². The first kappa shape index (κ1) is 16.8. The fraction of sp³-hybridized carbons (Fsp3) is 0. The van der Waals surface area contributed by atoms with Gasteiger partial charge in [-0.1, -0.05) is 0 Å². The Morgan fingerprint density at radius 1 is 0.966 bits per heavy atom. The highest BCUT2D eigenvalue weighted by atomic mass is 16.3. The lowest BCUT2D eigenvalue weighted by molar-refractivity contribution is 0.0880. The van der Waals surface area contributed by atoms with Crippen LogP contribution in [0.1, 0.15) is 20.7 Å². The van der Waals surface area contributed by atoms with Crippen molar-refractivity contribution in [3.63, 3.8) is 0 Å². The molecule has 9 nitrogen and oxygen atoms in total. The number of phenols is 1. The first-order chi connectivity index (χ1) is 13.9. The summed E-state index contributed by atoms with van der Waals surface area (Å²) in [6.07, 6.45) is 0. The smallest absolute Gasteiger partial charge is 0.262 e. The summed E-state index contributed by atoms with van der Waals surface area (Å²) in [5.41, 5.74) is 8.04. The van der Waals surface area contributed by atoms with E-state index >= 15 is 0 Å². The summed E-state index contributed by atoms with van der Waals surface area (Å²) in [6.45, 7) is 0. The minimum absolute atomic E-state index is 0.0101. The number of anilines is 1. The SMILES string of the molecule is Nc1c2c(cc(=O)n1-c1ccc3nc(-c4ccc(O)cc4)[nH]c3c1)C(=O)NC2=O. The number of nitrogens with two attached hydrogens (primary N) is 1. The third kappa shape index (κ3) is 2.48. The Hall–Kier alpha value is -4.40. The molecule has 0 bridgehead atoms. The molecular formula is C20H13N5O4. The number of hydrogen-bond donors (Lipinski definition) is 4. The van der Waals surface area contributed by atoms with Crippen LogP contribution in [0.3, 0.4) is 0 Å². The van der Waals surface area contributed by atoms with E-state index in [0.29, 0.717) is 22.5 Å². The van der Waals surface area contributed by atoms with E-state index in [1.807, 2.05) is 0 Å². The zero-order valence-electron chi connectivity index (χ0n) is 14.8. The number of fused-ring (bicyclic) bond motifs is 2. The molecule has 0 atom stereocenters. The Labute approximate surface area is 162 Å². The van der Waals surface area contributed by atoms with Crippen molar-refractivity contribution in [1.29, 1.82) is 0 Å². The van der Waals surface area contributed by atoms with Gasteiger partial charge in [0.25, 0.3) is 17.4 Å². The number of aromatic nitrogens is 3. The second-order valence-electron chi connectivity index (χ2n) is 6.61. The maximum atomic E-state index is 12.6. The van der Waals surface area contributed by atoms with Gasteiger partial charge in [0.15, 0.2) is 0 Å². The molecule has 0 aliphatic carbocycles. The number of pyridine rings is 1. The van der Waals surface area contributed by atoms with Crippen LogP contribution >= 0.6 is 0 Å². The van der Waals surface area contributed by atoms with Crippen molar-refractivity contribution in [2.24, 2.45) is 0 Å². The monoisotopic (exact) mass is 387 g/mol. The standard InChI is InChI=1S/C20H13N5O4/c21-17-16-12(19(28)24-20(16)29)8-15(27)25(17)10-3-6-13-14(7-10)23-18(22-13)9-1-4-11(26)5-2-9/h1-8,26H,21H2,(H,22,23)(H,24,28,29). The Morgan fingerprint density at radius 2 is 1.72 bits per heavy atom. The van der Waals surface area contributed by atoms with Crippen molar-refractivity contribution in [2.75, 3.05) is 5.73 Å². The van der Waals surface area contributed by atoms with Crippen LogP contribution in [-0.4, -0.2) is 31.5 Å². The molecule has 3 heterocycles. The van der Waals surface area contributed by atoms with Gasteiger partial charge in [-0.3, -0.25) is 24.3 Å². The molecule has 142 valence electrons. The number of carbonyl (C=O) groups excluding carboxylic acids is 2. The fourth-order valence-corrected chi connectivity index (χ4v) is 3.44. The number of imidazole rings is 1. The van der Waals surface area contributed by atoms with Gasteiger partial charge in [-0.05, 0) is 42.5 Å². The summed E-state index contributed by atoms with van der Waals surface area (Å²) in [5.74, 6) is -0.622. The number of H-pyrrole nitrogens is 1. The number of nitrogen functional groups attached to an aromatic ring is 1. The minimum Gasteiger partial charge on any atom is -0.508 e. The van der Waals surface area contributed by atoms with E-state index < -0.39 is 17.4 Å². The number of carbonyl (C=O) groups is 2. The van der Waals surface area contributed by atoms with E-state index in [9.17, 15) is 19.5 Å². The van der Waals surface area contributed by atoms with Crippen LogP contribution in [-0.2, 0) is 0 Å². The van der Waals surface area contributed by atoms with Crippen molar-refractivity contribution >= 4 is 28.7 Å². The molecule has 0 unspecified atom stereocenters. The van der Waals surface area contributed by atoms with E-state index in [1.54, 1.807) is 42.5 Å². The van der Waals surface area contributed by atoms with Gasteiger partial charge in [-0.15, -0.1) is 0 Å². The normalized spacial score (nSPS) is 13.0. The lowest BCUT2D eigenvalue weighted by Crippen LogP contribution is -2.24. The van der Waals surface area contributed by atoms with E-state index in [1.165, 1.54) is 4.57 Å². The largest absolute Gasteiger partial charge is 0.508 e. The first-order valence-corrected chi connectivity index (χ1v) is 8.63. The van der Waals surface area contributed by atoms with Crippen molar-refractivity contribution in [3.8, 4) is 22.8 Å². The molecule has 0 radical (unpaired) electrons. The average Bonchev–Trinajstić information content (AvgIpc) is 3.23. The number of nitrogens with zero attached hydrogens (tertiary/aromatic N) is 2. The molecule has 5 rings (SSSR count). The molecule has 9 heteroatoms. The Balaban J connectivity index is 1.66.